The molecule has 0 bridgehead atoms. The van der Waals surface area contributed by atoms with Crippen LogP contribution in [0, 0.1) is 6.92 Å². The number of hydrogen-bond donors (Lipinski definition) is 2. The Morgan fingerprint density at radius 2 is 1.85 bits per heavy atom. The topological polar surface area (TPSA) is 77.0 Å². The van der Waals surface area contributed by atoms with Crippen LogP contribution in [0.2, 0.25) is 0 Å². The lowest BCUT2D eigenvalue weighted by Crippen LogP contribution is -2.12. The third-order valence-electron chi connectivity index (χ3n) is 3.07. The van der Waals surface area contributed by atoms with E-state index in [4.69, 9.17) is 10.3 Å². The van der Waals surface area contributed by atoms with Gasteiger partial charge < -0.3 is 9.84 Å². The number of nitrogen functional groups attached to an aromatic ring is 1. The summed E-state index contributed by atoms with van der Waals surface area (Å²) >= 11 is 0. The third-order valence-corrected chi connectivity index (χ3v) is 3.07. The summed E-state index contributed by atoms with van der Waals surface area (Å²) in [6, 6.07) is 13.5. The number of hydrazine groups is 1. The molecule has 20 heavy (non-hydrogen) atoms. The zero-order chi connectivity index (χ0) is 13.9. The van der Waals surface area contributed by atoms with Crippen LogP contribution in [-0.4, -0.2) is 9.97 Å². The zero-order valence-corrected chi connectivity index (χ0v) is 11.0. The normalized spacial score (nSPS) is 10.5. The maximum atomic E-state index is 5.55. The molecular formula is C15H14N4O. The number of hydrogen-bond acceptors (Lipinski definition) is 5. The lowest BCUT2D eigenvalue weighted by molar-refractivity contribution is 0.577. The number of nitrogens with zero attached hydrogens (tertiary/aromatic N) is 2. The fourth-order valence-corrected chi connectivity index (χ4v) is 2.05. The van der Waals surface area contributed by atoms with Crippen LogP contribution in [-0.2, 0) is 0 Å². The van der Waals surface area contributed by atoms with Gasteiger partial charge in [0.2, 0.25) is 0 Å². The van der Waals surface area contributed by atoms with Gasteiger partial charge >= 0.3 is 0 Å². The van der Waals surface area contributed by atoms with Gasteiger partial charge in [-0.2, -0.15) is 0 Å². The van der Waals surface area contributed by atoms with Crippen LogP contribution in [0.5, 0.6) is 0 Å². The van der Waals surface area contributed by atoms with E-state index in [1.54, 1.807) is 12.3 Å². The molecule has 0 saturated carbocycles. The number of benzene rings is 1. The molecule has 0 saturated heterocycles. The molecule has 0 aliphatic carbocycles. The molecule has 0 fully saturated rings. The number of nitrogens with one attached hydrogen (secondary N) is 1. The lowest BCUT2D eigenvalue weighted by atomic mass is 10.1. The van der Waals surface area contributed by atoms with Gasteiger partial charge in [0.25, 0.3) is 0 Å². The molecule has 3 rings (SSSR count). The van der Waals surface area contributed by atoms with E-state index in [9.17, 15) is 0 Å². The first-order valence-corrected chi connectivity index (χ1v) is 6.24. The summed E-state index contributed by atoms with van der Waals surface area (Å²) in [6.07, 6.45) is 1.59. The van der Waals surface area contributed by atoms with Gasteiger partial charge in [-0.05, 0) is 19.1 Å². The Balaban J connectivity index is 2.21. The van der Waals surface area contributed by atoms with E-state index < -0.39 is 0 Å². The average Bonchev–Trinajstić information content (AvgIpc) is 3.03. The molecule has 2 aromatic heterocycles. The molecule has 2 heterocycles. The van der Waals surface area contributed by atoms with Gasteiger partial charge in [0, 0.05) is 11.1 Å². The molecule has 0 amide bonds. The highest BCUT2D eigenvalue weighted by molar-refractivity contribution is 5.70. The standard InChI is InChI=1S/C15H14N4O/c1-10-13(11-6-3-2-4-7-11)17-15(18-14(10)19-16)12-8-5-9-20-12/h2-9H,16H2,1H3,(H,17,18,19). The molecule has 100 valence electrons. The molecular weight excluding hydrogens is 252 g/mol. The molecule has 0 spiro atoms. The van der Waals surface area contributed by atoms with Gasteiger partial charge in [0.05, 0.1) is 12.0 Å². The molecule has 0 unspecified atom stereocenters. The molecule has 0 atom stereocenters. The van der Waals surface area contributed by atoms with Crippen molar-refractivity contribution in [2.24, 2.45) is 5.84 Å². The molecule has 3 aromatic rings. The van der Waals surface area contributed by atoms with Crippen molar-refractivity contribution in [3.05, 3.63) is 54.3 Å². The first-order chi connectivity index (χ1) is 9.79. The van der Waals surface area contributed by atoms with E-state index >= 15 is 0 Å². The van der Waals surface area contributed by atoms with Gasteiger partial charge in [-0.1, -0.05) is 30.3 Å². The highest BCUT2D eigenvalue weighted by Gasteiger charge is 2.14. The predicted molar refractivity (Wildman–Crippen MR) is 77.7 cm³/mol. The van der Waals surface area contributed by atoms with Crippen LogP contribution >= 0.6 is 0 Å². The van der Waals surface area contributed by atoms with E-state index in [2.05, 4.69) is 15.4 Å². The van der Waals surface area contributed by atoms with E-state index in [1.165, 1.54) is 0 Å². The zero-order valence-electron chi connectivity index (χ0n) is 11.0. The van der Waals surface area contributed by atoms with Crippen LogP contribution in [0.3, 0.4) is 0 Å². The Bertz CT molecular complexity index is 708. The Hall–Kier alpha value is -2.66. The van der Waals surface area contributed by atoms with Crippen LogP contribution in [0.4, 0.5) is 5.82 Å². The van der Waals surface area contributed by atoms with E-state index in [0.29, 0.717) is 17.4 Å². The summed E-state index contributed by atoms with van der Waals surface area (Å²) in [5.41, 5.74) is 5.36. The quantitative estimate of drug-likeness (QED) is 0.563. The SMILES string of the molecule is Cc1c(NN)nc(-c2ccco2)nc1-c1ccccc1. The van der Waals surface area contributed by atoms with Crippen molar-refractivity contribution in [1.82, 2.24) is 9.97 Å². The Labute approximate surface area is 116 Å². The highest BCUT2D eigenvalue weighted by atomic mass is 16.3. The molecule has 0 radical (unpaired) electrons. The second kappa shape index (κ2) is 5.14. The van der Waals surface area contributed by atoms with Gasteiger partial charge in [-0.3, -0.25) is 0 Å². The molecule has 1 aromatic carbocycles. The number of nitrogens with two attached hydrogens (primary N) is 1. The minimum atomic E-state index is 0.507. The molecule has 5 nitrogen and oxygen atoms in total. The largest absolute Gasteiger partial charge is 0.461 e. The summed E-state index contributed by atoms with van der Waals surface area (Å²) in [5, 5.41) is 0. The number of anilines is 1. The Morgan fingerprint density at radius 3 is 2.50 bits per heavy atom. The van der Waals surface area contributed by atoms with Crippen molar-refractivity contribution in [3.63, 3.8) is 0 Å². The minimum absolute atomic E-state index is 0.507. The fraction of sp³-hybridized carbons (Fsp3) is 0.0667. The monoisotopic (exact) mass is 266 g/mol. The van der Waals surface area contributed by atoms with Crippen molar-refractivity contribution in [3.8, 4) is 22.8 Å². The van der Waals surface area contributed by atoms with Crippen molar-refractivity contribution < 1.29 is 4.42 Å². The lowest BCUT2D eigenvalue weighted by Gasteiger charge is -2.11. The van der Waals surface area contributed by atoms with Crippen molar-refractivity contribution in [1.29, 1.82) is 0 Å². The molecule has 5 heteroatoms. The van der Waals surface area contributed by atoms with Crippen LogP contribution < -0.4 is 11.3 Å². The van der Waals surface area contributed by atoms with Crippen LogP contribution in [0.1, 0.15) is 5.56 Å². The summed E-state index contributed by atoms with van der Waals surface area (Å²) in [7, 11) is 0. The van der Waals surface area contributed by atoms with Crippen molar-refractivity contribution in [2.75, 3.05) is 5.43 Å². The van der Waals surface area contributed by atoms with Gasteiger partial charge in [-0.25, -0.2) is 15.8 Å². The first kappa shape index (κ1) is 12.4. The number of furan rings is 1. The van der Waals surface area contributed by atoms with Crippen molar-refractivity contribution >= 4 is 5.82 Å². The van der Waals surface area contributed by atoms with Gasteiger partial charge in [0.15, 0.2) is 11.6 Å². The maximum absolute atomic E-state index is 5.55. The predicted octanol–water partition coefficient (Wildman–Crippen LogP) is 3.00. The molecule has 0 aliphatic heterocycles. The van der Waals surface area contributed by atoms with Gasteiger partial charge in [-0.15, -0.1) is 0 Å². The summed E-state index contributed by atoms with van der Waals surface area (Å²) in [4.78, 5) is 8.97. The third kappa shape index (κ3) is 2.15. The maximum Gasteiger partial charge on any atom is 0.198 e. The summed E-state index contributed by atoms with van der Waals surface area (Å²) in [5.74, 6) is 7.25. The van der Waals surface area contributed by atoms with E-state index in [-0.39, 0.29) is 0 Å². The number of aromatic nitrogens is 2. The molecule has 3 N–H and O–H groups in total. The Kier molecular flexibility index (Phi) is 3.18. The Morgan fingerprint density at radius 1 is 1.05 bits per heavy atom. The van der Waals surface area contributed by atoms with Crippen LogP contribution in [0.15, 0.2) is 53.1 Å². The summed E-state index contributed by atoms with van der Waals surface area (Å²) < 4.78 is 5.36. The fourth-order valence-electron chi connectivity index (χ4n) is 2.05. The average molecular weight is 266 g/mol. The molecule has 0 aliphatic rings. The summed E-state index contributed by atoms with van der Waals surface area (Å²) in [6.45, 7) is 1.93. The van der Waals surface area contributed by atoms with E-state index in [0.717, 1.165) is 16.8 Å². The minimum Gasteiger partial charge on any atom is -0.461 e. The van der Waals surface area contributed by atoms with Crippen molar-refractivity contribution in [2.45, 2.75) is 6.92 Å². The second-order valence-corrected chi connectivity index (χ2v) is 4.36. The first-order valence-electron chi connectivity index (χ1n) is 6.24. The highest BCUT2D eigenvalue weighted by Crippen LogP contribution is 2.28. The smallest absolute Gasteiger partial charge is 0.198 e. The van der Waals surface area contributed by atoms with Gasteiger partial charge in [0.1, 0.15) is 5.82 Å². The second-order valence-electron chi connectivity index (χ2n) is 4.36. The van der Waals surface area contributed by atoms with E-state index in [1.807, 2.05) is 43.3 Å². The van der Waals surface area contributed by atoms with Crippen LogP contribution in [0.25, 0.3) is 22.8 Å². The number of rotatable bonds is 3.